The maximum atomic E-state index is 12.8. The molecule has 0 radical (unpaired) electrons. The molecule has 152 valence electrons. The molecule has 5 heteroatoms. The van der Waals surface area contributed by atoms with Gasteiger partial charge in [0.05, 0.1) is 6.42 Å². The van der Waals surface area contributed by atoms with Gasteiger partial charge in [-0.25, -0.2) is 0 Å². The van der Waals surface area contributed by atoms with Crippen molar-refractivity contribution in [2.24, 2.45) is 23.2 Å². The molecule has 0 aromatic carbocycles. The van der Waals surface area contributed by atoms with Gasteiger partial charge in [-0.15, -0.1) is 0 Å². The third-order valence-corrected chi connectivity index (χ3v) is 7.48. The van der Waals surface area contributed by atoms with E-state index in [4.69, 9.17) is 0 Å². The summed E-state index contributed by atoms with van der Waals surface area (Å²) in [6.45, 7) is 4.64. The third kappa shape index (κ3) is 4.08. The van der Waals surface area contributed by atoms with Crippen LogP contribution in [0.15, 0.2) is 24.5 Å². The second-order valence-corrected chi connectivity index (χ2v) is 9.42. The number of nitrogens with one attached hydrogen (secondary N) is 1. The van der Waals surface area contributed by atoms with Crippen molar-refractivity contribution < 1.29 is 9.59 Å². The zero-order chi connectivity index (χ0) is 19.6. The number of likely N-dealkylation sites (tertiary alicyclic amines) is 1. The first-order chi connectivity index (χ1) is 13.5. The summed E-state index contributed by atoms with van der Waals surface area (Å²) in [5.74, 6) is 2.11. The maximum Gasteiger partial charge on any atom is 0.227 e. The quantitative estimate of drug-likeness (QED) is 0.849. The molecular formula is C23H33N3O2. The molecule has 0 spiro atoms. The van der Waals surface area contributed by atoms with Gasteiger partial charge in [0.25, 0.3) is 0 Å². The lowest BCUT2D eigenvalue weighted by Crippen LogP contribution is -2.42. The van der Waals surface area contributed by atoms with Crippen molar-refractivity contribution in [2.45, 2.75) is 58.3 Å². The van der Waals surface area contributed by atoms with E-state index < -0.39 is 0 Å². The van der Waals surface area contributed by atoms with Crippen molar-refractivity contribution in [1.29, 1.82) is 0 Å². The van der Waals surface area contributed by atoms with Crippen molar-refractivity contribution in [3.63, 3.8) is 0 Å². The smallest absolute Gasteiger partial charge is 0.227 e. The largest absolute Gasteiger partial charge is 0.355 e. The Morgan fingerprint density at radius 3 is 2.64 bits per heavy atom. The van der Waals surface area contributed by atoms with E-state index in [2.05, 4.69) is 22.1 Å². The fraction of sp³-hybridized carbons (Fsp3) is 0.696. The lowest BCUT2D eigenvalue weighted by molar-refractivity contribution is -0.131. The Morgan fingerprint density at radius 2 is 1.89 bits per heavy atom. The molecule has 2 saturated carbocycles. The van der Waals surface area contributed by atoms with Crippen LogP contribution in [0.3, 0.4) is 0 Å². The summed E-state index contributed by atoms with van der Waals surface area (Å²) in [6.07, 6.45) is 11.9. The monoisotopic (exact) mass is 383 g/mol. The highest BCUT2D eigenvalue weighted by Gasteiger charge is 2.42. The Hall–Kier alpha value is -1.91. The normalized spacial score (nSPS) is 28.8. The van der Waals surface area contributed by atoms with Gasteiger partial charge in [0, 0.05) is 37.4 Å². The number of nitrogens with zero attached hydrogens (tertiary/aromatic N) is 2. The molecule has 2 heterocycles. The van der Waals surface area contributed by atoms with Gasteiger partial charge in [-0.3, -0.25) is 14.6 Å². The molecule has 3 fully saturated rings. The molecule has 0 bridgehead atoms. The number of hydrogen-bond donors (Lipinski definition) is 1. The molecule has 2 aliphatic carbocycles. The standard InChI is InChI=1S/C23H33N3O2/c1-23(9-2-3-10-23)22(28)25-14-18-5-4-6-19-15-26(16-20(18)19)21(27)13-17-7-11-24-12-8-17/h7-8,11-12,18-20H,2-6,9-10,13-16H2,1H3,(H,25,28)/t18-,19+,20-/m1/s1. The van der Waals surface area contributed by atoms with Crippen LogP contribution in [0, 0.1) is 23.2 Å². The second kappa shape index (κ2) is 8.22. The first-order valence-electron chi connectivity index (χ1n) is 11.0. The van der Waals surface area contributed by atoms with Crippen LogP contribution in [0.2, 0.25) is 0 Å². The molecule has 5 nitrogen and oxygen atoms in total. The molecule has 1 aromatic rings. The van der Waals surface area contributed by atoms with Crippen molar-refractivity contribution in [3.8, 4) is 0 Å². The predicted octanol–water partition coefficient (Wildman–Crippen LogP) is 3.20. The highest BCUT2D eigenvalue weighted by Crippen LogP contribution is 2.41. The number of pyridine rings is 1. The maximum absolute atomic E-state index is 12.8. The summed E-state index contributed by atoms with van der Waals surface area (Å²) in [6, 6.07) is 3.84. The third-order valence-electron chi connectivity index (χ3n) is 7.48. The van der Waals surface area contributed by atoms with Gasteiger partial charge >= 0.3 is 0 Å². The summed E-state index contributed by atoms with van der Waals surface area (Å²) in [7, 11) is 0. The van der Waals surface area contributed by atoms with Crippen molar-refractivity contribution >= 4 is 11.8 Å². The number of amides is 2. The average molecular weight is 384 g/mol. The molecule has 3 aliphatic rings. The Labute approximate surface area is 168 Å². The molecular weight excluding hydrogens is 350 g/mol. The van der Waals surface area contributed by atoms with E-state index >= 15 is 0 Å². The van der Waals surface area contributed by atoms with Gasteiger partial charge < -0.3 is 10.2 Å². The molecule has 1 aliphatic heterocycles. The summed E-state index contributed by atoms with van der Waals surface area (Å²) in [5.41, 5.74) is 0.875. The van der Waals surface area contributed by atoms with E-state index in [-0.39, 0.29) is 17.2 Å². The highest BCUT2D eigenvalue weighted by molar-refractivity contribution is 5.82. The fourth-order valence-electron chi connectivity index (χ4n) is 5.66. The number of carbonyl (C=O) groups excluding carboxylic acids is 2. The highest BCUT2D eigenvalue weighted by atomic mass is 16.2. The molecule has 4 rings (SSSR count). The lowest BCUT2D eigenvalue weighted by atomic mass is 9.73. The molecule has 28 heavy (non-hydrogen) atoms. The number of hydrogen-bond acceptors (Lipinski definition) is 3. The van der Waals surface area contributed by atoms with Crippen molar-refractivity contribution in [3.05, 3.63) is 30.1 Å². The van der Waals surface area contributed by atoms with E-state index in [0.717, 1.165) is 38.0 Å². The van der Waals surface area contributed by atoms with E-state index in [0.29, 0.717) is 24.2 Å². The lowest BCUT2D eigenvalue weighted by Gasteiger charge is -2.34. The molecule has 3 atom stereocenters. The summed E-state index contributed by atoms with van der Waals surface area (Å²) in [4.78, 5) is 31.6. The minimum atomic E-state index is -0.156. The van der Waals surface area contributed by atoms with Crippen LogP contribution in [-0.2, 0) is 16.0 Å². The van der Waals surface area contributed by atoms with Crippen LogP contribution in [0.1, 0.15) is 57.4 Å². The van der Waals surface area contributed by atoms with Gasteiger partial charge in [0.2, 0.25) is 11.8 Å². The van der Waals surface area contributed by atoms with Gasteiger partial charge in [-0.1, -0.05) is 26.2 Å². The van der Waals surface area contributed by atoms with Gasteiger partial charge in [-0.05, 0) is 61.1 Å². The van der Waals surface area contributed by atoms with E-state index in [1.165, 1.54) is 32.1 Å². The van der Waals surface area contributed by atoms with Gasteiger partial charge in [0.15, 0.2) is 0 Å². The minimum Gasteiger partial charge on any atom is -0.355 e. The van der Waals surface area contributed by atoms with Gasteiger partial charge in [0.1, 0.15) is 0 Å². The molecule has 1 N–H and O–H groups in total. The van der Waals surface area contributed by atoms with Crippen LogP contribution in [-0.4, -0.2) is 41.3 Å². The Bertz CT molecular complexity index is 699. The minimum absolute atomic E-state index is 0.156. The molecule has 2 amide bonds. The van der Waals surface area contributed by atoms with Crippen LogP contribution in [0.4, 0.5) is 0 Å². The Balaban J connectivity index is 1.32. The fourth-order valence-corrected chi connectivity index (χ4v) is 5.66. The second-order valence-electron chi connectivity index (χ2n) is 9.42. The van der Waals surface area contributed by atoms with E-state index in [9.17, 15) is 9.59 Å². The average Bonchev–Trinajstić information content (AvgIpc) is 3.34. The number of fused-ring (bicyclic) bond motifs is 1. The predicted molar refractivity (Wildman–Crippen MR) is 108 cm³/mol. The number of rotatable bonds is 5. The van der Waals surface area contributed by atoms with E-state index in [1.807, 2.05) is 12.1 Å². The van der Waals surface area contributed by atoms with E-state index in [1.54, 1.807) is 12.4 Å². The van der Waals surface area contributed by atoms with Crippen molar-refractivity contribution in [1.82, 2.24) is 15.2 Å². The van der Waals surface area contributed by atoms with Crippen LogP contribution in [0.25, 0.3) is 0 Å². The zero-order valence-electron chi connectivity index (χ0n) is 17.0. The zero-order valence-corrected chi connectivity index (χ0v) is 17.0. The molecule has 0 unspecified atom stereocenters. The first-order valence-corrected chi connectivity index (χ1v) is 11.0. The SMILES string of the molecule is CC1(C(=O)NC[C@H]2CCC[C@H]3CN(C(=O)Cc4ccncc4)C[C@H]23)CCCC1. The number of aromatic nitrogens is 1. The number of carbonyl (C=O) groups is 2. The molecule has 1 saturated heterocycles. The van der Waals surface area contributed by atoms with Gasteiger partial charge in [-0.2, -0.15) is 0 Å². The molecule has 1 aromatic heterocycles. The Morgan fingerprint density at radius 1 is 1.14 bits per heavy atom. The summed E-state index contributed by atoms with van der Waals surface area (Å²) in [5, 5.41) is 3.28. The van der Waals surface area contributed by atoms with Crippen molar-refractivity contribution in [2.75, 3.05) is 19.6 Å². The summed E-state index contributed by atoms with van der Waals surface area (Å²) >= 11 is 0. The van der Waals surface area contributed by atoms with Crippen LogP contribution in [0.5, 0.6) is 0 Å². The Kier molecular flexibility index (Phi) is 5.70. The first kappa shape index (κ1) is 19.4. The topological polar surface area (TPSA) is 62.3 Å². The summed E-state index contributed by atoms with van der Waals surface area (Å²) < 4.78 is 0. The van der Waals surface area contributed by atoms with Crippen LogP contribution < -0.4 is 5.32 Å². The van der Waals surface area contributed by atoms with Crippen LogP contribution >= 0.6 is 0 Å².